The molecule has 114 valence electrons. The Morgan fingerprint density at radius 1 is 1.09 bits per heavy atom. The lowest BCUT2D eigenvalue weighted by Gasteiger charge is -2.04. The van der Waals surface area contributed by atoms with E-state index in [1.165, 1.54) is 0 Å². The summed E-state index contributed by atoms with van der Waals surface area (Å²) in [7, 11) is 0. The summed E-state index contributed by atoms with van der Waals surface area (Å²) >= 11 is 1.55. The number of nitrogens with zero attached hydrogens (tertiary/aromatic N) is 1. The minimum absolute atomic E-state index is 0.00513. The van der Waals surface area contributed by atoms with Crippen LogP contribution in [0.5, 0.6) is 5.75 Å². The quantitative estimate of drug-likeness (QED) is 0.491. The van der Waals surface area contributed by atoms with Crippen molar-refractivity contribution in [3.05, 3.63) is 88.4 Å². The van der Waals surface area contributed by atoms with Crippen molar-refractivity contribution in [2.24, 2.45) is 0 Å². The predicted molar refractivity (Wildman–Crippen MR) is 92.7 cm³/mol. The van der Waals surface area contributed by atoms with Crippen LogP contribution >= 0.6 is 11.3 Å². The normalized spacial score (nSPS) is 10.8. The molecule has 0 amide bonds. The Morgan fingerprint density at radius 2 is 1.87 bits per heavy atom. The van der Waals surface area contributed by atoms with Crippen LogP contribution in [0.1, 0.15) is 21.6 Å². The number of carbonyl (C=O) groups excluding carboxylic acids is 1. The van der Waals surface area contributed by atoms with Crippen LogP contribution in [-0.4, -0.2) is 10.8 Å². The molecule has 4 heteroatoms. The molecule has 0 aliphatic carbocycles. The molecule has 0 aliphatic rings. The number of rotatable bonds is 6. The maximum atomic E-state index is 12.0. The van der Waals surface area contributed by atoms with Gasteiger partial charge in [0.2, 0.25) is 0 Å². The second-order valence-corrected chi connectivity index (χ2v) is 5.62. The molecule has 0 unspecified atom stereocenters. The highest BCUT2D eigenvalue weighted by Crippen LogP contribution is 2.15. The van der Waals surface area contributed by atoms with E-state index in [-0.39, 0.29) is 5.78 Å². The topological polar surface area (TPSA) is 39.2 Å². The molecule has 0 aliphatic heterocycles. The van der Waals surface area contributed by atoms with E-state index in [1.807, 2.05) is 60.0 Å². The molecule has 3 aromatic rings. The van der Waals surface area contributed by atoms with Crippen molar-refractivity contribution in [2.45, 2.75) is 6.61 Å². The van der Waals surface area contributed by atoms with Gasteiger partial charge in [-0.05, 0) is 23.8 Å². The highest BCUT2D eigenvalue weighted by molar-refractivity contribution is 7.07. The average Bonchev–Trinajstić information content (AvgIpc) is 3.13. The van der Waals surface area contributed by atoms with Gasteiger partial charge in [-0.1, -0.05) is 48.5 Å². The maximum absolute atomic E-state index is 12.0. The van der Waals surface area contributed by atoms with E-state index in [9.17, 15) is 4.79 Å². The summed E-state index contributed by atoms with van der Waals surface area (Å²) in [5.41, 5.74) is 4.35. The summed E-state index contributed by atoms with van der Waals surface area (Å²) < 4.78 is 5.65. The van der Waals surface area contributed by atoms with Gasteiger partial charge < -0.3 is 4.74 Å². The first kappa shape index (κ1) is 15.2. The smallest absolute Gasteiger partial charge is 0.185 e. The summed E-state index contributed by atoms with van der Waals surface area (Å²) in [6.07, 6.45) is 3.39. The van der Waals surface area contributed by atoms with Gasteiger partial charge in [-0.25, -0.2) is 4.98 Å². The molecule has 2 aromatic carbocycles. The lowest BCUT2D eigenvalue weighted by molar-refractivity contribution is 0.104. The van der Waals surface area contributed by atoms with Crippen LogP contribution in [0.4, 0.5) is 0 Å². The van der Waals surface area contributed by atoms with Crippen LogP contribution in [0.3, 0.4) is 0 Å². The minimum Gasteiger partial charge on any atom is -0.487 e. The van der Waals surface area contributed by atoms with E-state index >= 15 is 0 Å². The fourth-order valence-corrected chi connectivity index (χ4v) is 2.55. The first-order chi connectivity index (χ1) is 11.3. The number of carbonyl (C=O) groups is 1. The number of aromatic nitrogens is 1. The molecule has 0 N–H and O–H groups in total. The van der Waals surface area contributed by atoms with Crippen molar-refractivity contribution >= 4 is 23.2 Å². The molecule has 3 nitrogen and oxygen atoms in total. The zero-order valence-electron chi connectivity index (χ0n) is 12.4. The Balaban J connectivity index is 1.59. The Morgan fingerprint density at radius 3 is 2.57 bits per heavy atom. The highest BCUT2D eigenvalue weighted by atomic mass is 32.1. The van der Waals surface area contributed by atoms with Gasteiger partial charge in [0, 0.05) is 10.9 Å². The lowest BCUT2D eigenvalue weighted by Crippen LogP contribution is -1.95. The van der Waals surface area contributed by atoms with Gasteiger partial charge in [0.15, 0.2) is 5.78 Å². The zero-order chi connectivity index (χ0) is 15.9. The van der Waals surface area contributed by atoms with E-state index < -0.39 is 0 Å². The number of allylic oxidation sites excluding steroid dienone is 1. The number of ether oxygens (including phenoxy) is 1. The first-order valence-corrected chi connectivity index (χ1v) is 8.13. The maximum Gasteiger partial charge on any atom is 0.185 e. The lowest BCUT2D eigenvalue weighted by atomic mass is 10.1. The molecule has 0 radical (unpaired) electrons. The molecule has 0 saturated carbocycles. The van der Waals surface area contributed by atoms with E-state index in [1.54, 1.807) is 29.0 Å². The molecule has 0 fully saturated rings. The number of thiazole rings is 1. The van der Waals surface area contributed by atoms with E-state index in [0.717, 1.165) is 17.0 Å². The second-order valence-electron chi connectivity index (χ2n) is 4.90. The molecule has 0 spiro atoms. The number of hydrogen-bond donors (Lipinski definition) is 0. The summed E-state index contributed by atoms with van der Waals surface area (Å²) in [4.78, 5) is 16.2. The monoisotopic (exact) mass is 321 g/mol. The highest BCUT2D eigenvalue weighted by Gasteiger charge is 2.00. The molecule has 23 heavy (non-hydrogen) atoms. The average molecular weight is 321 g/mol. The fourth-order valence-electron chi connectivity index (χ4n) is 2.01. The van der Waals surface area contributed by atoms with Crippen molar-refractivity contribution in [1.29, 1.82) is 0 Å². The Hall–Kier alpha value is -2.72. The molecule has 0 bridgehead atoms. The van der Waals surface area contributed by atoms with E-state index in [4.69, 9.17) is 4.74 Å². The number of benzene rings is 2. The SMILES string of the molecule is O=C(C=Cc1ccc(OCc2cscn2)cc1)c1ccccc1. The van der Waals surface area contributed by atoms with Gasteiger partial charge in [-0.15, -0.1) is 11.3 Å². The third-order valence-corrected chi connectivity index (χ3v) is 3.87. The Kier molecular flexibility index (Phi) is 4.96. The van der Waals surface area contributed by atoms with Crippen LogP contribution in [0.25, 0.3) is 6.08 Å². The van der Waals surface area contributed by atoms with Crippen molar-refractivity contribution in [2.75, 3.05) is 0 Å². The summed E-state index contributed by atoms with van der Waals surface area (Å²) in [6, 6.07) is 16.8. The van der Waals surface area contributed by atoms with Crippen molar-refractivity contribution in [3.63, 3.8) is 0 Å². The number of ketones is 1. The number of hydrogen-bond acceptors (Lipinski definition) is 4. The molecule has 1 aromatic heterocycles. The minimum atomic E-state index is -0.00513. The van der Waals surface area contributed by atoms with Gasteiger partial charge in [0.1, 0.15) is 12.4 Å². The van der Waals surface area contributed by atoms with Crippen molar-refractivity contribution < 1.29 is 9.53 Å². The van der Waals surface area contributed by atoms with Crippen LogP contribution in [0.2, 0.25) is 0 Å². The largest absolute Gasteiger partial charge is 0.487 e. The van der Waals surface area contributed by atoms with Gasteiger partial charge in [0.25, 0.3) is 0 Å². The molecule has 1 heterocycles. The third kappa shape index (κ3) is 4.37. The second kappa shape index (κ2) is 7.51. The van der Waals surface area contributed by atoms with Crippen LogP contribution in [-0.2, 0) is 6.61 Å². The Labute approximate surface area is 138 Å². The van der Waals surface area contributed by atoms with Gasteiger partial charge >= 0.3 is 0 Å². The summed E-state index contributed by atoms with van der Waals surface area (Å²) in [5, 5.41) is 1.96. The fraction of sp³-hybridized carbons (Fsp3) is 0.0526. The molecule has 3 rings (SSSR count). The zero-order valence-corrected chi connectivity index (χ0v) is 13.2. The molecular weight excluding hydrogens is 306 g/mol. The molecule has 0 saturated heterocycles. The van der Waals surface area contributed by atoms with Gasteiger partial charge in [-0.2, -0.15) is 0 Å². The third-order valence-electron chi connectivity index (χ3n) is 3.24. The predicted octanol–water partition coefficient (Wildman–Crippen LogP) is 4.62. The van der Waals surface area contributed by atoms with Gasteiger partial charge in [-0.3, -0.25) is 4.79 Å². The Bertz CT molecular complexity index is 778. The van der Waals surface area contributed by atoms with E-state index in [2.05, 4.69) is 4.98 Å². The van der Waals surface area contributed by atoms with Crippen molar-refractivity contribution in [1.82, 2.24) is 4.98 Å². The summed E-state index contributed by atoms with van der Waals surface area (Å²) in [5.74, 6) is 0.777. The van der Waals surface area contributed by atoms with Gasteiger partial charge in [0.05, 0.1) is 11.2 Å². The van der Waals surface area contributed by atoms with Crippen LogP contribution < -0.4 is 4.74 Å². The van der Waals surface area contributed by atoms with Crippen molar-refractivity contribution in [3.8, 4) is 5.75 Å². The van der Waals surface area contributed by atoms with Crippen LogP contribution in [0.15, 0.2) is 71.6 Å². The summed E-state index contributed by atoms with van der Waals surface area (Å²) in [6.45, 7) is 0.463. The van der Waals surface area contributed by atoms with E-state index in [0.29, 0.717) is 12.2 Å². The van der Waals surface area contributed by atoms with Crippen LogP contribution in [0, 0.1) is 0 Å². The molecule has 0 atom stereocenters. The first-order valence-electron chi connectivity index (χ1n) is 7.19. The standard InChI is InChI=1S/C19H15NO2S/c21-19(16-4-2-1-3-5-16)11-8-15-6-9-18(10-7-15)22-12-17-13-23-14-20-17/h1-11,13-14H,12H2. The molecular formula is C19H15NO2S.